The average Bonchev–Trinajstić information content (AvgIpc) is 1.51. The molecule has 0 fully saturated rings. The lowest BCUT2D eigenvalue weighted by atomic mass is 9.70. The van der Waals surface area contributed by atoms with Gasteiger partial charge in [0.05, 0.1) is 27.6 Å². The maximum Gasteiger partial charge on any atom is 0.0725 e. The average molecular weight is 1220 g/mol. The van der Waals surface area contributed by atoms with Crippen molar-refractivity contribution in [2.24, 2.45) is 0 Å². The predicted molar refractivity (Wildman–Crippen MR) is 399 cm³/mol. The van der Waals surface area contributed by atoms with Crippen molar-refractivity contribution in [1.29, 1.82) is 0 Å². The fourth-order valence-electron chi connectivity index (χ4n) is 18.2. The Morgan fingerprint density at radius 1 is 0.208 bits per heavy atom. The molecule has 2 heteroatoms. The minimum Gasteiger partial charge on any atom is -0.309 e. The van der Waals surface area contributed by atoms with E-state index in [1.54, 1.807) is 0 Å². The third-order valence-corrected chi connectivity index (χ3v) is 22.0. The molecule has 0 aliphatic heterocycles. The molecule has 17 aromatic rings. The maximum atomic E-state index is 2.52. The van der Waals surface area contributed by atoms with Crippen molar-refractivity contribution in [3.63, 3.8) is 0 Å². The van der Waals surface area contributed by atoms with Gasteiger partial charge in [-0.3, -0.25) is 0 Å². The van der Waals surface area contributed by atoms with E-state index in [0.29, 0.717) is 0 Å². The van der Waals surface area contributed by atoms with Crippen LogP contribution in [0.15, 0.2) is 352 Å². The smallest absolute Gasteiger partial charge is 0.0725 e. The maximum absolute atomic E-state index is 2.52. The summed E-state index contributed by atoms with van der Waals surface area (Å²) in [7, 11) is 0. The molecular weight excluding hydrogens is 1160 g/mol. The van der Waals surface area contributed by atoms with E-state index >= 15 is 0 Å². The Morgan fingerprint density at radius 3 is 0.927 bits per heavy atom. The number of aromatic nitrogens is 1. The number of para-hydroxylation sites is 1. The Labute approximate surface area is 557 Å². The van der Waals surface area contributed by atoms with Crippen molar-refractivity contribution in [2.45, 2.75) is 10.8 Å². The Kier molecular flexibility index (Phi) is 11.1. The number of benzene rings is 16. The van der Waals surface area contributed by atoms with E-state index in [1.807, 2.05) is 0 Å². The van der Waals surface area contributed by atoms with Crippen LogP contribution in [-0.4, -0.2) is 4.57 Å². The molecule has 444 valence electrons. The van der Waals surface area contributed by atoms with Gasteiger partial charge in [0.1, 0.15) is 0 Å². The highest BCUT2D eigenvalue weighted by molar-refractivity contribution is 6.22. The third kappa shape index (κ3) is 7.09. The van der Waals surface area contributed by atoms with E-state index in [9.17, 15) is 0 Å². The zero-order chi connectivity index (χ0) is 62.8. The molecule has 96 heavy (non-hydrogen) atoms. The molecule has 1 aromatic heterocycles. The van der Waals surface area contributed by atoms with Gasteiger partial charge in [-0.15, -0.1) is 0 Å². The lowest BCUT2D eigenvalue weighted by Gasteiger charge is -2.30. The van der Waals surface area contributed by atoms with Crippen LogP contribution in [0.3, 0.4) is 0 Å². The summed E-state index contributed by atoms with van der Waals surface area (Å²) in [6.07, 6.45) is 0. The molecule has 21 rings (SSSR count). The van der Waals surface area contributed by atoms with E-state index in [2.05, 4.69) is 361 Å². The van der Waals surface area contributed by atoms with Gasteiger partial charge in [0.2, 0.25) is 0 Å². The summed E-state index contributed by atoms with van der Waals surface area (Å²) >= 11 is 0. The minimum absolute atomic E-state index is 0.448. The monoisotopic (exact) mass is 1210 g/mol. The van der Waals surface area contributed by atoms with Gasteiger partial charge < -0.3 is 9.47 Å². The molecule has 0 amide bonds. The van der Waals surface area contributed by atoms with Gasteiger partial charge in [-0.25, -0.2) is 0 Å². The summed E-state index contributed by atoms with van der Waals surface area (Å²) in [5, 5.41) is 7.23. The van der Waals surface area contributed by atoms with Gasteiger partial charge in [-0.2, -0.15) is 0 Å². The standard InChI is InChI=1S/C94H58N2/c1-3-23-59(24-4-1)91-75-33-7-9-35-77(75)92(78-36-10-8-34-76(78)91)95(64-25-5-2-6-26-64)65-47-49-66(50-48-65)96-89-53-45-60(62-43-51-73-71-31-15-21-41-85(71)93(87(73)57-62)81-37-17-11-27-67(81)68-28-12-18-38-82(68)93)55-79(89)80-56-61(46-54-90(80)96)63-44-52-74-72-32-16-22-42-86(72)94(88(74)58-63)83-39-19-13-29-69(83)70-30-14-20-40-84(70)94/h1-58H. The molecule has 2 nitrogen and oxygen atoms in total. The summed E-state index contributed by atoms with van der Waals surface area (Å²) in [5.74, 6) is 0. The number of nitrogens with zero attached hydrogens (tertiary/aromatic N) is 2. The van der Waals surface area contributed by atoms with E-state index in [4.69, 9.17) is 0 Å². The summed E-state index contributed by atoms with van der Waals surface area (Å²) in [6.45, 7) is 0. The van der Waals surface area contributed by atoms with Crippen LogP contribution in [0.1, 0.15) is 44.5 Å². The number of hydrogen-bond donors (Lipinski definition) is 0. The summed E-state index contributed by atoms with van der Waals surface area (Å²) < 4.78 is 2.50. The highest BCUT2D eigenvalue weighted by Gasteiger charge is 2.53. The van der Waals surface area contributed by atoms with Crippen LogP contribution in [0.5, 0.6) is 0 Å². The summed E-state index contributed by atoms with van der Waals surface area (Å²) in [6, 6.07) is 133. The summed E-state index contributed by atoms with van der Waals surface area (Å²) in [5.41, 5.74) is 34.3. The molecular formula is C94H58N2. The molecule has 4 aliphatic carbocycles. The van der Waals surface area contributed by atoms with Crippen molar-refractivity contribution in [2.75, 3.05) is 4.90 Å². The topological polar surface area (TPSA) is 8.17 Å². The van der Waals surface area contributed by atoms with Crippen molar-refractivity contribution in [3.05, 3.63) is 396 Å². The van der Waals surface area contributed by atoms with Crippen LogP contribution in [0, 0.1) is 0 Å². The molecule has 2 spiro atoms. The van der Waals surface area contributed by atoms with Gasteiger partial charge in [-0.05, 0) is 206 Å². The van der Waals surface area contributed by atoms with Crippen LogP contribution in [-0.2, 0) is 10.8 Å². The fourth-order valence-corrected chi connectivity index (χ4v) is 18.2. The second-order valence-electron chi connectivity index (χ2n) is 26.5. The Morgan fingerprint density at radius 2 is 0.521 bits per heavy atom. The largest absolute Gasteiger partial charge is 0.309 e. The molecule has 0 atom stereocenters. The molecule has 1 heterocycles. The van der Waals surface area contributed by atoms with Crippen LogP contribution in [0.2, 0.25) is 0 Å². The highest BCUT2D eigenvalue weighted by Crippen LogP contribution is 2.65. The first-order valence-electron chi connectivity index (χ1n) is 33.6. The van der Waals surface area contributed by atoms with E-state index in [1.165, 1.54) is 155 Å². The van der Waals surface area contributed by atoms with E-state index in [0.717, 1.165) is 33.8 Å². The first-order valence-corrected chi connectivity index (χ1v) is 33.6. The molecule has 0 N–H and O–H groups in total. The normalized spacial score (nSPS) is 13.6. The van der Waals surface area contributed by atoms with Crippen molar-refractivity contribution < 1.29 is 0 Å². The molecule has 0 saturated heterocycles. The lowest BCUT2D eigenvalue weighted by Crippen LogP contribution is -2.25. The molecule has 0 bridgehead atoms. The zero-order valence-corrected chi connectivity index (χ0v) is 52.4. The molecule has 0 radical (unpaired) electrons. The van der Waals surface area contributed by atoms with Crippen LogP contribution in [0.4, 0.5) is 17.1 Å². The van der Waals surface area contributed by atoms with Gasteiger partial charge in [-0.1, -0.05) is 279 Å². The number of anilines is 3. The predicted octanol–water partition coefficient (Wildman–Crippen LogP) is 24.2. The Hall–Kier alpha value is -12.4. The Bertz CT molecular complexity index is 5710. The fraction of sp³-hybridized carbons (Fsp3) is 0.0213. The minimum atomic E-state index is -0.448. The van der Waals surface area contributed by atoms with Gasteiger partial charge in [0, 0.05) is 38.6 Å². The SMILES string of the molecule is c1ccc(-c2c3ccccc3c(N(c3ccccc3)c3ccc(-n4c5ccc(-c6ccc7c(c6)C6(c8ccccc8-c8ccccc86)c6ccccc6-7)cc5c5cc(-c6ccc7c(c6)C6(c8ccccc8-c8ccccc86)c6ccccc6-7)ccc54)cc3)c3ccccc23)cc1. The lowest BCUT2D eigenvalue weighted by molar-refractivity contribution is 0.794. The van der Waals surface area contributed by atoms with Crippen LogP contribution in [0.25, 0.3) is 127 Å². The second kappa shape index (κ2) is 20.1. The summed E-state index contributed by atoms with van der Waals surface area (Å²) in [4.78, 5) is 2.47. The van der Waals surface area contributed by atoms with Crippen LogP contribution >= 0.6 is 0 Å². The third-order valence-electron chi connectivity index (χ3n) is 22.0. The molecule has 0 unspecified atom stereocenters. The van der Waals surface area contributed by atoms with E-state index in [-0.39, 0.29) is 0 Å². The van der Waals surface area contributed by atoms with Gasteiger partial charge in [0.25, 0.3) is 0 Å². The van der Waals surface area contributed by atoms with Crippen LogP contribution < -0.4 is 4.90 Å². The van der Waals surface area contributed by atoms with E-state index < -0.39 is 10.8 Å². The molecule has 0 saturated carbocycles. The molecule has 16 aromatic carbocycles. The number of fused-ring (bicyclic) bond motifs is 25. The zero-order valence-electron chi connectivity index (χ0n) is 52.4. The quantitative estimate of drug-likeness (QED) is 0.144. The molecule has 4 aliphatic rings. The first kappa shape index (κ1) is 53.2. The number of rotatable bonds is 7. The number of hydrogen-bond acceptors (Lipinski definition) is 1. The van der Waals surface area contributed by atoms with Crippen molar-refractivity contribution in [3.8, 4) is 83.6 Å². The first-order chi connectivity index (χ1) is 47.6. The highest BCUT2D eigenvalue weighted by atomic mass is 15.1. The van der Waals surface area contributed by atoms with Crippen molar-refractivity contribution in [1.82, 2.24) is 4.57 Å². The van der Waals surface area contributed by atoms with Crippen molar-refractivity contribution >= 4 is 60.4 Å². The Balaban J connectivity index is 0.765. The van der Waals surface area contributed by atoms with Gasteiger partial charge >= 0.3 is 0 Å². The van der Waals surface area contributed by atoms with Gasteiger partial charge in [0.15, 0.2) is 0 Å². The second-order valence-corrected chi connectivity index (χ2v) is 26.5.